The summed E-state index contributed by atoms with van der Waals surface area (Å²) in [5, 5.41) is 0.660. The molecule has 0 unspecified atom stereocenters. The fourth-order valence-electron chi connectivity index (χ4n) is 3.04. The Morgan fingerprint density at radius 1 is 1.36 bits per heavy atom. The Morgan fingerprint density at radius 2 is 2.14 bits per heavy atom. The van der Waals surface area contributed by atoms with Crippen LogP contribution >= 0.6 is 11.8 Å². The van der Waals surface area contributed by atoms with Gasteiger partial charge in [-0.2, -0.15) is 0 Å². The van der Waals surface area contributed by atoms with Crippen molar-refractivity contribution < 1.29 is 4.74 Å². The van der Waals surface area contributed by atoms with E-state index in [0.29, 0.717) is 11.8 Å². The molecule has 22 heavy (non-hydrogen) atoms. The molecule has 3 rings (SSSR count). The minimum atomic E-state index is -0.208. The zero-order valence-corrected chi connectivity index (χ0v) is 13.9. The van der Waals surface area contributed by atoms with Crippen molar-refractivity contribution in [2.75, 3.05) is 19.5 Å². The molecule has 1 heterocycles. The van der Waals surface area contributed by atoms with E-state index in [1.165, 1.54) is 17.3 Å². The number of hydrogen-bond acceptors (Lipinski definition) is 4. The topological polar surface area (TPSA) is 55.0 Å². The standard InChI is InChI=1S/C17H20N2O2S/c1-17(2)10-11-6-4-5-7-12(11)14-13(17)15(20)19-16(18-14)22-9-8-21-3/h4-7H,8-10H2,1-3H3,(H,18,19,20). The molecule has 1 N–H and O–H groups in total. The van der Waals surface area contributed by atoms with Crippen molar-refractivity contribution in [3.05, 3.63) is 45.7 Å². The predicted molar refractivity (Wildman–Crippen MR) is 89.6 cm³/mol. The van der Waals surface area contributed by atoms with Gasteiger partial charge in [0, 0.05) is 29.4 Å². The summed E-state index contributed by atoms with van der Waals surface area (Å²) in [6, 6.07) is 8.23. The lowest BCUT2D eigenvalue weighted by Crippen LogP contribution is -2.34. The van der Waals surface area contributed by atoms with E-state index in [1.807, 2.05) is 12.1 Å². The van der Waals surface area contributed by atoms with Gasteiger partial charge in [0.15, 0.2) is 5.16 Å². The maximum atomic E-state index is 12.6. The number of H-pyrrole nitrogens is 1. The van der Waals surface area contributed by atoms with Crippen molar-refractivity contribution in [2.45, 2.75) is 30.8 Å². The fourth-order valence-corrected chi connectivity index (χ4v) is 3.80. The Balaban J connectivity index is 2.12. The van der Waals surface area contributed by atoms with Gasteiger partial charge in [-0.15, -0.1) is 0 Å². The first-order valence-electron chi connectivity index (χ1n) is 7.38. The zero-order chi connectivity index (χ0) is 15.7. The Morgan fingerprint density at radius 3 is 2.91 bits per heavy atom. The molecule has 0 atom stereocenters. The molecule has 0 spiro atoms. The first kappa shape index (κ1) is 15.3. The Bertz CT molecular complexity index is 753. The SMILES string of the molecule is COCCSc1nc2c(c(=O)[nH]1)C(C)(C)Cc1ccccc1-2. The molecule has 116 valence electrons. The molecule has 2 aromatic rings. The molecule has 1 aromatic heterocycles. The summed E-state index contributed by atoms with van der Waals surface area (Å²) < 4.78 is 5.06. The average Bonchev–Trinajstić information content (AvgIpc) is 2.46. The maximum Gasteiger partial charge on any atom is 0.255 e. The van der Waals surface area contributed by atoms with Crippen LogP contribution in [0.4, 0.5) is 0 Å². The smallest absolute Gasteiger partial charge is 0.255 e. The lowest BCUT2D eigenvalue weighted by atomic mass is 9.72. The molecule has 0 radical (unpaired) electrons. The van der Waals surface area contributed by atoms with Gasteiger partial charge in [0.25, 0.3) is 5.56 Å². The van der Waals surface area contributed by atoms with Crippen LogP contribution in [0.15, 0.2) is 34.2 Å². The summed E-state index contributed by atoms with van der Waals surface area (Å²) in [4.78, 5) is 20.3. The van der Waals surface area contributed by atoms with Gasteiger partial charge in [0.2, 0.25) is 0 Å². The minimum absolute atomic E-state index is 0.0237. The van der Waals surface area contributed by atoms with E-state index in [-0.39, 0.29) is 11.0 Å². The monoisotopic (exact) mass is 316 g/mol. The number of fused-ring (bicyclic) bond motifs is 3. The van der Waals surface area contributed by atoms with Crippen molar-refractivity contribution >= 4 is 11.8 Å². The number of nitrogens with one attached hydrogen (secondary N) is 1. The molecule has 0 fully saturated rings. The van der Waals surface area contributed by atoms with Crippen LogP contribution in [0.1, 0.15) is 25.0 Å². The Kier molecular flexibility index (Phi) is 4.10. The molecular weight excluding hydrogens is 296 g/mol. The second-order valence-electron chi connectivity index (χ2n) is 6.15. The normalized spacial score (nSPS) is 15.2. The van der Waals surface area contributed by atoms with Gasteiger partial charge >= 0.3 is 0 Å². The summed E-state index contributed by atoms with van der Waals surface area (Å²) in [6.45, 7) is 4.85. The number of rotatable bonds is 4. The third-order valence-corrected chi connectivity index (χ3v) is 4.84. The van der Waals surface area contributed by atoms with Crippen LogP contribution in [0, 0.1) is 0 Å². The third-order valence-electron chi connectivity index (χ3n) is 4.01. The number of nitrogens with zero attached hydrogens (tertiary/aromatic N) is 1. The van der Waals surface area contributed by atoms with Crippen molar-refractivity contribution in [2.24, 2.45) is 0 Å². The van der Waals surface area contributed by atoms with Gasteiger partial charge in [-0.3, -0.25) is 4.79 Å². The van der Waals surface area contributed by atoms with E-state index in [2.05, 4.69) is 31.0 Å². The third kappa shape index (κ3) is 2.71. The van der Waals surface area contributed by atoms with Crippen LogP contribution in [0.5, 0.6) is 0 Å². The van der Waals surface area contributed by atoms with Crippen molar-refractivity contribution in [3.8, 4) is 11.3 Å². The molecule has 0 saturated carbocycles. The maximum absolute atomic E-state index is 12.6. The number of aromatic nitrogens is 2. The van der Waals surface area contributed by atoms with E-state index in [4.69, 9.17) is 9.72 Å². The molecule has 1 aliphatic rings. The Hall–Kier alpha value is -1.59. The van der Waals surface area contributed by atoms with Crippen LogP contribution in [-0.2, 0) is 16.6 Å². The molecule has 1 aliphatic carbocycles. The lowest BCUT2D eigenvalue weighted by molar-refractivity contribution is 0.218. The van der Waals surface area contributed by atoms with Gasteiger partial charge in [-0.1, -0.05) is 49.9 Å². The number of thioether (sulfide) groups is 1. The average molecular weight is 316 g/mol. The van der Waals surface area contributed by atoms with Gasteiger partial charge in [-0.25, -0.2) is 4.98 Å². The van der Waals surface area contributed by atoms with E-state index < -0.39 is 0 Å². The molecule has 1 aromatic carbocycles. The quantitative estimate of drug-likeness (QED) is 0.535. The highest BCUT2D eigenvalue weighted by molar-refractivity contribution is 7.99. The zero-order valence-electron chi connectivity index (χ0n) is 13.1. The van der Waals surface area contributed by atoms with Crippen LogP contribution in [0.3, 0.4) is 0 Å². The molecule has 4 nitrogen and oxygen atoms in total. The van der Waals surface area contributed by atoms with Crippen LogP contribution in [0.25, 0.3) is 11.3 Å². The first-order chi connectivity index (χ1) is 10.5. The number of methoxy groups -OCH3 is 1. The predicted octanol–water partition coefficient (Wildman–Crippen LogP) is 3.01. The second kappa shape index (κ2) is 5.89. The van der Waals surface area contributed by atoms with Crippen LogP contribution in [0.2, 0.25) is 0 Å². The fraction of sp³-hybridized carbons (Fsp3) is 0.412. The van der Waals surface area contributed by atoms with Gasteiger partial charge in [0.05, 0.1) is 12.3 Å². The number of benzene rings is 1. The lowest BCUT2D eigenvalue weighted by Gasteiger charge is -2.32. The number of hydrogen-bond donors (Lipinski definition) is 1. The summed E-state index contributed by atoms with van der Waals surface area (Å²) in [7, 11) is 1.67. The van der Waals surface area contributed by atoms with Gasteiger partial charge in [-0.05, 0) is 12.0 Å². The highest BCUT2D eigenvalue weighted by Gasteiger charge is 2.34. The van der Waals surface area contributed by atoms with Crippen LogP contribution in [-0.4, -0.2) is 29.4 Å². The highest BCUT2D eigenvalue weighted by Crippen LogP contribution is 2.40. The largest absolute Gasteiger partial charge is 0.384 e. The highest BCUT2D eigenvalue weighted by atomic mass is 32.2. The van der Waals surface area contributed by atoms with Gasteiger partial charge < -0.3 is 9.72 Å². The van der Waals surface area contributed by atoms with Gasteiger partial charge in [0.1, 0.15) is 0 Å². The molecule has 0 saturated heterocycles. The van der Waals surface area contributed by atoms with Crippen LogP contribution < -0.4 is 5.56 Å². The van der Waals surface area contributed by atoms with E-state index in [0.717, 1.165) is 29.0 Å². The molecule has 5 heteroatoms. The van der Waals surface area contributed by atoms with Crippen molar-refractivity contribution in [1.82, 2.24) is 9.97 Å². The number of ether oxygens (including phenoxy) is 1. The minimum Gasteiger partial charge on any atom is -0.384 e. The summed E-state index contributed by atoms with van der Waals surface area (Å²) in [6.07, 6.45) is 0.858. The van der Waals surface area contributed by atoms with Crippen molar-refractivity contribution in [3.63, 3.8) is 0 Å². The Labute approximate surface area is 134 Å². The molecular formula is C17H20N2O2S. The molecule has 0 amide bonds. The first-order valence-corrected chi connectivity index (χ1v) is 8.36. The summed E-state index contributed by atoms with van der Waals surface area (Å²) in [5.41, 5.74) is 3.73. The molecule has 0 bridgehead atoms. The second-order valence-corrected chi connectivity index (χ2v) is 7.24. The van der Waals surface area contributed by atoms with E-state index in [1.54, 1.807) is 7.11 Å². The molecule has 0 aliphatic heterocycles. The van der Waals surface area contributed by atoms with E-state index in [9.17, 15) is 4.79 Å². The van der Waals surface area contributed by atoms with Crippen molar-refractivity contribution in [1.29, 1.82) is 0 Å². The summed E-state index contributed by atoms with van der Waals surface area (Å²) in [5.74, 6) is 0.767. The number of aromatic amines is 1. The van der Waals surface area contributed by atoms with E-state index >= 15 is 0 Å². The summed E-state index contributed by atoms with van der Waals surface area (Å²) >= 11 is 1.52.